The van der Waals surface area contributed by atoms with Gasteiger partial charge in [0.15, 0.2) is 0 Å². The second-order valence-electron chi connectivity index (χ2n) is 7.14. The first-order valence-electron chi connectivity index (χ1n) is 9.39. The number of carbonyl (C=O) groups excluding carboxylic acids is 1. The van der Waals surface area contributed by atoms with Gasteiger partial charge in [-0.15, -0.1) is 0 Å². The number of rotatable bonds is 7. The molecule has 7 nitrogen and oxygen atoms in total. The van der Waals surface area contributed by atoms with Crippen LogP contribution in [0.3, 0.4) is 0 Å². The van der Waals surface area contributed by atoms with E-state index in [1.165, 1.54) is 12.1 Å². The van der Waals surface area contributed by atoms with Gasteiger partial charge in [-0.3, -0.25) is 4.79 Å². The molecule has 8 heteroatoms. The third-order valence-corrected chi connectivity index (χ3v) is 6.35. The maximum absolute atomic E-state index is 13.0. The van der Waals surface area contributed by atoms with Gasteiger partial charge in [0, 0.05) is 31.0 Å². The second kappa shape index (κ2) is 7.81. The van der Waals surface area contributed by atoms with Gasteiger partial charge in [0.25, 0.3) is 5.91 Å². The van der Waals surface area contributed by atoms with Crippen molar-refractivity contribution in [3.05, 3.63) is 83.9 Å². The first-order valence-corrected chi connectivity index (χ1v) is 10.9. The van der Waals surface area contributed by atoms with Crippen LogP contribution in [0.1, 0.15) is 40.6 Å². The third-order valence-electron chi connectivity index (χ3n) is 4.83. The molecule has 4 rings (SSSR count). The summed E-state index contributed by atoms with van der Waals surface area (Å²) in [5, 5.41) is 2.99. The number of amides is 1. The minimum Gasteiger partial charge on any atom is -0.338 e. The number of imidazole rings is 1. The summed E-state index contributed by atoms with van der Waals surface area (Å²) in [4.78, 5) is 17.5. The van der Waals surface area contributed by atoms with Crippen molar-refractivity contribution >= 4 is 15.9 Å². The Hall–Kier alpha value is -2.97. The number of hydrogen-bond acceptors (Lipinski definition) is 4. The highest BCUT2D eigenvalue weighted by atomic mass is 32.2. The average molecular weight is 410 g/mol. The van der Waals surface area contributed by atoms with Gasteiger partial charge >= 0.3 is 0 Å². The topological polar surface area (TPSA) is 93.1 Å². The predicted octanol–water partition coefficient (Wildman–Crippen LogP) is 2.38. The van der Waals surface area contributed by atoms with E-state index in [-0.39, 0.29) is 22.4 Å². The fourth-order valence-corrected chi connectivity index (χ4v) is 4.46. The Morgan fingerprint density at radius 2 is 1.90 bits per heavy atom. The number of sulfonamides is 1. The Kier molecular flexibility index (Phi) is 5.21. The minimum atomic E-state index is -3.63. The Morgan fingerprint density at radius 1 is 1.14 bits per heavy atom. The van der Waals surface area contributed by atoms with Crippen LogP contribution in [-0.2, 0) is 17.1 Å². The van der Waals surface area contributed by atoms with Gasteiger partial charge in [0.05, 0.1) is 4.90 Å². The zero-order valence-corrected chi connectivity index (χ0v) is 16.8. The maximum Gasteiger partial charge on any atom is 0.252 e. The Bertz CT molecular complexity index is 1120. The monoisotopic (exact) mass is 410 g/mol. The van der Waals surface area contributed by atoms with Crippen LogP contribution >= 0.6 is 0 Å². The molecular formula is C21H22N4O3S. The van der Waals surface area contributed by atoms with Crippen molar-refractivity contribution in [3.8, 4) is 0 Å². The molecular weight excluding hydrogens is 388 g/mol. The van der Waals surface area contributed by atoms with Crippen molar-refractivity contribution in [1.29, 1.82) is 0 Å². The van der Waals surface area contributed by atoms with E-state index < -0.39 is 16.1 Å². The molecule has 1 saturated carbocycles. The Labute approximate surface area is 169 Å². The van der Waals surface area contributed by atoms with Crippen molar-refractivity contribution in [2.75, 3.05) is 0 Å². The molecule has 0 unspecified atom stereocenters. The molecule has 1 fully saturated rings. The van der Waals surface area contributed by atoms with Crippen LogP contribution in [-0.4, -0.2) is 29.9 Å². The molecule has 150 valence electrons. The lowest BCUT2D eigenvalue weighted by Gasteiger charge is -2.19. The lowest BCUT2D eigenvalue weighted by atomic mass is 10.1. The largest absolute Gasteiger partial charge is 0.338 e. The summed E-state index contributed by atoms with van der Waals surface area (Å²) in [7, 11) is -1.77. The number of nitrogens with zero attached hydrogens (tertiary/aromatic N) is 2. The second-order valence-corrected chi connectivity index (χ2v) is 8.85. The average Bonchev–Trinajstić information content (AvgIpc) is 3.43. The highest BCUT2D eigenvalue weighted by Gasteiger charge is 2.28. The number of aryl methyl sites for hydroxylation is 1. The van der Waals surface area contributed by atoms with Crippen LogP contribution in [0.25, 0.3) is 0 Å². The van der Waals surface area contributed by atoms with Gasteiger partial charge in [-0.2, -0.15) is 0 Å². The first-order chi connectivity index (χ1) is 13.9. The van der Waals surface area contributed by atoms with Gasteiger partial charge < -0.3 is 9.88 Å². The molecule has 1 heterocycles. The van der Waals surface area contributed by atoms with E-state index in [1.54, 1.807) is 18.3 Å². The van der Waals surface area contributed by atoms with Gasteiger partial charge in [0.1, 0.15) is 11.9 Å². The normalized spacial score (nSPS) is 15.1. The number of carbonyl (C=O) groups is 1. The van der Waals surface area contributed by atoms with Crippen molar-refractivity contribution < 1.29 is 13.2 Å². The molecule has 0 bridgehead atoms. The number of nitrogens with one attached hydrogen (secondary N) is 2. The highest BCUT2D eigenvalue weighted by molar-refractivity contribution is 7.89. The molecule has 0 aliphatic heterocycles. The molecule has 1 atom stereocenters. The fraction of sp³-hybridized carbons (Fsp3) is 0.238. The van der Waals surface area contributed by atoms with E-state index in [0.29, 0.717) is 5.82 Å². The van der Waals surface area contributed by atoms with Gasteiger partial charge in [-0.05, 0) is 36.6 Å². The van der Waals surface area contributed by atoms with Crippen LogP contribution in [0.5, 0.6) is 0 Å². The van der Waals surface area contributed by atoms with Gasteiger partial charge in [-0.25, -0.2) is 18.1 Å². The lowest BCUT2D eigenvalue weighted by Crippen LogP contribution is -2.31. The molecule has 29 heavy (non-hydrogen) atoms. The van der Waals surface area contributed by atoms with E-state index in [0.717, 1.165) is 18.4 Å². The van der Waals surface area contributed by atoms with E-state index in [2.05, 4.69) is 15.0 Å². The van der Waals surface area contributed by atoms with Crippen molar-refractivity contribution in [2.45, 2.75) is 29.8 Å². The predicted molar refractivity (Wildman–Crippen MR) is 109 cm³/mol. The minimum absolute atomic E-state index is 0.00311. The molecule has 1 aliphatic rings. The Balaban J connectivity index is 1.61. The van der Waals surface area contributed by atoms with Crippen molar-refractivity contribution in [1.82, 2.24) is 19.6 Å². The van der Waals surface area contributed by atoms with Crippen LogP contribution in [0.2, 0.25) is 0 Å². The van der Waals surface area contributed by atoms with Crippen LogP contribution in [0.15, 0.2) is 71.9 Å². The molecule has 3 aromatic rings. The van der Waals surface area contributed by atoms with E-state index in [9.17, 15) is 13.2 Å². The molecule has 0 radical (unpaired) electrons. The standard InChI is InChI=1S/C21H22N4O3S/c1-25-13-12-22-20(25)19(15-6-3-2-4-7-15)23-21(26)16-8-5-9-18(14-16)29(27,28)24-17-10-11-17/h2-9,12-14,17,19,24H,10-11H2,1H3,(H,23,26)/t19-/m0/s1. The van der Waals surface area contributed by atoms with Crippen LogP contribution in [0.4, 0.5) is 0 Å². The SMILES string of the molecule is Cn1ccnc1[C@@H](NC(=O)c1cccc(S(=O)(=O)NC2CC2)c1)c1ccccc1. The Morgan fingerprint density at radius 3 is 2.55 bits per heavy atom. The summed E-state index contributed by atoms with van der Waals surface area (Å²) in [5.41, 5.74) is 1.16. The van der Waals surface area contributed by atoms with E-state index >= 15 is 0 Å². The van der Waals surface area contributed by atoms with E-state index in [1.807, 2.05) is 48.1 Å². The van der Waals surface area contributed by atoms with Gasteiger partial charge in [0.2, 0.25) is 10.0 Å². The highest BCUT2D eigenvalue weighted by Crippen LogP contribution is 2.24. The first kappa shape index (κ1) is 19.4. The third kappa shape index (κ3) is 4.38. The summed E-state index contributed by atoms with van der Waals surface area (Å²) in [6.07, 6.45) is 5.19. The molecule has 0 saturated heterocycles. The number of hydrogen-bond donors (Lipinski definition) is 2. The van der Waals surface area contributed by atoms with E-state index in [4.69, 9.17) is 0 Å². The maximum atomic E-state index is 13.0. The molecule has 1 amide bonds. The summed E-state index contributed by atoms with van der Waals surface area (Å²) in [5.74, 6) is 0.314. The number of aromatic nitrogens is 2. The molecule has 2 N–H and O–H groups in total. The quantitative estimate of drug-likeness (QED) is 0.625. The van der Waals surface area contributed by atoms with Gasteiger partial charge in [-0.1, -0.05) is 36.4 Å². The lowest BCUT2D eigenvalue weighted by molar-refractivity contribution is 0.0941. The fourth-order valence-electron chi connectivity index (χ4n) is 3.11. The number of benzene rings is 2. The summed E-state index contributed by atoms with van der Waals surface area (Å²) in [6.45, 7) is 0. The summed E-state index contributed by atoms with van der Waals surface area (Å²) < 4.78 is 29.4. The zero-order valence-electron chi connectivity index (χ0n) is 15.9. The zero-order chi connectivity index (χ0) is 20.4. The molecule has 1 aromatic heterocycles. The van der Waals surface area contributed by atoms with Crippen molar-refractivity contribution in [3.63, 3.8) is 0 Å². The van der Waals surface area contributed by atoms with Crippen LogP contribution in [0, 0.1) is 0 Å². The molecule has 0 spiro atoms. The van der Waals surface area contributed by atoms with Crippen molar-refractivity contribution in [2.24, 2.45) is 7.05 Å². The molecule has 1 aliphatic carbocycles. The summed E-state index contributed by atoms with van der Waals surface area (Å²) >= 11 is 0. The smallest absolute Gasteiger partial charge is 0.252 e. The van der Waals surface area contributed by atoms with Crippen LogP contribution < -0.4 is 10.0 Å². The summed E-state index contributed by atoms with van der Waals surface area (Å²) in [6, 6.07) is 15.2. The molecule has 2 aromatic carbocycles.